The summed E-state index contributed by atoms with van der Waals surface area (Å²) in [7, 11) is 1.30. The average molecular weight is 379 g/mol. The summed E-state index contributed by atoms with van der Waals surface area (Å²) in [6.07, 6.45) is -0.767. The fourth-order valence-electron chi connectivity index (χ4n) is 1.74. The normalized spacial score (nSPS) is 11.4. The minimum atomic E-state index is -0.767. The molecule has 23 heavy (non-hydrogen) atoms. The second kappa shape index (κ2) is 7.78. The van der Waals surface area contributed by atoms with Crippen LogP contribution in [0.4, 0.5) is 0 Å². The zero-order chi connectivity index (χ0) is 16.8. The average Bonchev–Trinajstić information content (AvgIpc) is 2.56. The molecule has 0 amide bonds. The first-order chi connectivity index (χ1) is 11.0. The van der Waals surface area contributed by atoms with Crippen molar-refractivity contribution in [2.24, 2.45) is 0 Å². The Morgan fingerprint density at radius 3 is 2.09 bits per heavy atom. The van der Waals surface area contributed by atoms with E-state index in [4.69, 9.17) is 9.47 Å². The number of rotatable bonds is 5. The first kappa shape index (κ1) is 17.0. The minimum Gasteiger partial charge on any atom is -0.479 e. The molecule has 0 N–H and O–H groups in total. The van der Waals surface area contributed by atoms with E-state index in [0.29, 0.717) is 17.1 Å². The van der Waals surface area contributed by atoms with Gasteiger partial charge in [-0.25, -0.2) is 9.59 Å². The Morgan fingerprint density at radius 2 is 1.52 bits per heavy atom. The van der Waals surface area contributed by atoms with Crippen LogP contribution >= 0.6 is 15.9 Å². The van der Waals surface area contributed by atoms with Gasteiger partial charge in [-0.2, -0.15) is 0 Å². The molecule has 2 rings (SSSR count). The number of ether oxygens (including phenoxy) is 3. The van der Waals surface area contributed by atoms with Crippen molar-refractivity contribution in [3.05, 3.63) is 58.6 Å². The third-order valence-electron chi connectivity index (χ3n) is 2.95. The summed E-state index contributed by atoms with van der Waals surface area (Å²) in [5.41, 5.74) is 0.381. The van der Waals surface area contributed by atoms with E-state index in [2.05, 4.69) is 20.7 Å². The maximum Gasteiger partial charge on any atom is 0.352 e. The van der Waals surface area contributed by atoms with E-state index in [1.165, 1.54) is 31.4 Å². The predicted octanol–water partition coefficient (Wildman–Crippen LogP) is 3.61. The quantitative estimate of drug-likeness (QED) is 0.587. The van der Waals surface area contributed by atoms with Crippen LogP contribution in [0, 0.1) is 0 Å². The van der Waals surface area contributed by atoms with E-state index < -0.39 is 18.0 Å². The van der Waals surface area contributed by atoms with Crippen LogP contribution in [-0.4, -0.2) is 25.2 Å². The van der Waals surface area contributed by atoms with Crippen LogP contribution in [0.2, 0.25) is 0 Å². The van der Waals surface area contributed by atoms with E-state index in [0.717, 1.165) is 4.47 Å². The largest absolute Gasteiger partial charge is 0.479 e. The highest BCUT2D eigenvalue weighted by atomic mass is 79.9. The maximum atomic E-state index is 12.0. The summed E-state index contributed by atoms with van der Waals surface area (Å²) in [4.78, 5) is 23.3. The topological polar surface area (TPSA) is 61.8 Å². The molecular formula is C17H15BrO5. The lowest BCUT2D eigenvalue weighted by molar-refractivity contribution is -0.141. The molecule has 0 bridgehead atoms. The van der Waals surface area contributed by atoms with Crippen LogP contribution in [0.1, 0.15) is 17.3 Å². The number of carbonyl (C=O) groups excluding carboxylic acids is 2. The number of halogens is 1. The summed E-state index contributed by atoms with van der Waals surface area (Å²) in [6.45, 7) is 1.60. The molecule has 0 saturated carbocycles. The monoisotopic (exact) mass is 378 g/mol. The lowest BCUT2D eigenvalue weighted by Gasteiger charge is -2.14. The Balaban J connectivity index is 1.95. The van der Waals surface area contributed by atoms with Crippen LogP contribution in [0.3, 0.4) is 0 Å². The van der Waals surface area contributed by atoms with Gasteiger partial charge in [-0.3, -0.25) is 0 Å². The molecule has 2 aromatic rings. The van der Waals surface area contributed by atoms with E-state index in [9.17, 15) is 9.59 Å². The molecular weight excluding hydrogens is 364 g/mol. The second-order valence-electron chi connectivity index (χ2n) is 4.65. The number of methoxy groups -OCH3 is 1. The highest BCUT2D eigenvalue weighted by Gasteiger charge is 2.17. The molecule has 0 aliphatic rings. The van der Waals surface area contributed by atoms with Crippen molar-refractivity contribution < 1.29 is 23.8 Å². The molecule has 0 aliphatic carbocycles. The summed E-state index contributed by atoms with van der Waals surface area (Å²) < 4.78 is 16.3. The van der Waals surface area contributed by atoms with Crippen LogP contribution < -0.4 is 9.47 Å². The Labute approximate surface area is 142 Å². The number of hydrogen-bond acceptors (Lipinski definition) is 5. The number of benzene rings is 2. The van der Waals surface area contributed by atoms with Crippen LogP contribution in [-0.2, 0) is 9.53 Å². The van der Waals surface area contributed by atoms with Gasteiger partial charge in [0.25, 0.3) is 0 Å². The van der Waals surface area contributed by atoms with Gasteiger partial charge in [-0.1, -0.05) is 15.9 Å². The molecule has 0 saturated heterocycles. The number of carbonyl (C=O) groups is 2. The van der Waals surface area contributed by atoms with E-state index in [1.54, 1.807) is 19.1 Å². The summed E-state index contributed by atoms with van der Waals surface area (Å²) in [5.74, 6) is -0.0823. The zero-order valence-corrected chi connectivity index (χ0v) is 14.2. The van der Waals surface area contributed by atoms with Gasteiger partial charge in [-0.15, -0.1) is 0 Å². The van der Waals surface area contributed by atoms with Crippen molar-refractivity contribution in [2.75, 3.05) is 7.11 Å². The van der Waals surface area contributed by atoms with Gasteiger partial charge in [-0.05, 0) is 55.5 Å². The highest BCUT2D eigenvalue weighted by Crippen LogP contribution is 2.18. The molecule has 0 fully saturated rings. The smallest absolute Gasteiger partial charge is 0.352 e. The third kappa shape index (κ3) is 4.82. The highest BCUT2D eigenvalue weighted by molar-refractivity contribution is 9.10. The van der Waals surface area contributed by atoms with Gasteiger partial charge in [0.15, 0.2) is 6.10 Å². The van der Waals surface area contributed by atoms with Gasteiger partial charge in [0.05, 0.1) is 12.7 Å². The lowest BCUT2D eigenvalue weighted by atomic mass is 10.2. The van der Waals surface area contributed by atoms with E-state index >= 15 is 0 Å². The Bertz CT molecular complexity index is 679. The molecule has 0 spiro atoms. The summed E-state index contributed by atoms with van der Waals surface area (Å²) in [6, 6.07) is 13.2. The Hall–Kier alpha value is -2.34. The number of hydrogen-bond donors (Lipinski definition) is 0. The second-order valence-corrected chi connectivity index (χ2v) is 5.57. The molecule has 2 aromatic carbocycles. The maximum absolute atomic E-state index is 12.0. The van der Waals surface area contributed by atoms with Crippen molar-refractivity contribution in [1.82, 2.24) is 0 Å². The molecule has 120 valence electrons. The van der Waals surface area contributed by atoms with Crippen LogP contribution in [0.5, 0.6) is 11.5 Å². The summed E-state index contributed by atoms with van der Waals surface area (Å²) >= 11 is 3.33. The van der Waals surface area contributed by atoms with Gasteiger partial charge >= 0.3 is 11.9 Å². The minimum absolute atomic E-state index is 0.328. The van der Waals surface area contributed by atoms with Crippen molar-refractivity contribution in [1.29, 1.82) is 0 Å². The van der Waals surface area contributed by atoms with Gasteiger partial charge in [0, 0.05) is 4.47 Å². The first-order valence-electron chi connectivity index (χ1n) is 6.82. The van der Waals surface area contributed by atoms with Gasteiger partial charge < -0.3 is 14.2 Å². The predicted molar refractivity (Wildman–Crippen MR) is 87.6 cm³/mol. The molecule has 0 heterocycles. The Kier molecular flexibility index (Phi) is 5.76. The fraction of sp³-hybridized carbons (Fsp3) is 0.176. The molecule has 5 nitrogen and oxygen atoms in total. The Morgan fingerprint density at radius 1 is 0.957 bits per heavy atom. The molecule has 0 radical (unpaired) electrons. The zero-order valence-electron chi connectivity index (χ0n) is 12.6. The van der Waals surface area contributed by atoms with Gasteiger partial charge in [0.1, 0.15) is 11.5 Å². The molecule has 0 aromatic heterocycles. The van der Waals surface area contributed by atoms with Gasteiger partial charge in [0.2, 0.25) is 0 Å². The standard InChI is InChI=1S/C17H15BrO5/c1-11(22-14-9-5-13(18)6-10-14)16(19)23-15-7-3-12(4-8-15)17(20)21-2/h3-11H,1-2H3/t11-/m1/s1. The van der Waals surface area contributed by atoms with Crippen LogP contribution in [0.25, 0.3) is 0 Å². The van der Waals surface area contributed by atoms with E-state index in [-0.39, 0.29) is 0 Å². The SMILES string of the molecule is COC(=O)c1ccc(OC(=O)[C@@H](C)Oc2ccc(Br)cc2)cc1. The fourth-order valence-corrected chi connectivity index (χ4v) is 2.01. The molecule has 6 heteroatoms. The van der Waals surface area contributed by atoms with Crippen molar-refractivity contribution in [3.63, 3.8) is 0 Å². The van der Waals surface area contributed by atoms with Crippen molar-refractivity contribution in [3.8, 4) is 11.5 Å². The summed E-state index contributed by atoms with van der Waals surface area (Å²) in [5, 5.41) is 0. The first-order valence-corrected chi connectivity index (χ1v) is 7.61. The number of esters is 2. The molecule has 0 unspecified atom stereocenters. The third-order valence-corrected chi connectivity index (χ3v) is 3.48. The van der Waals surface area contributed by atoms with Crippen LogP contribution in [0.15, 0.2) is 53.0 Å². The lowest BCUT2D eigenvalue weighted by Crippen LogP contribution is -2.28. The van der Waals surface area contributed by atoms with Crippen molar-refractivity contribution >= 4 is 27.9 Å². The van der Waals surface area contributed by atoms with E-state index in [1.807, 2.05) is 12.1 Å². The molecule has 1 atom stereocenters. The molecule has 0 aliphatic heterocycles. The van der Waals surface area contributed by atoms with Crippen molar-refractivity contribution in [2.45, 2.75) is 13.0 Å².